The Balaban J connectivity index is 2.14. The fourth-order valence-corrected chi connectivity index (χ4v) is 1.75. The van der Waals surface area contributed by atoms with Gasteiger partial charge in [-0.3, -0.25) is 0 Å². The van der Waals surface area contributed by atoms with Crippen molar-refractivity contribution in [2.75, 3.05) is 5.88 Å². The van der Waals surface area contributed by atoms with Crippen LogP contribution in [-0.4, -0.2) is 5.88 Å². The van der Waals surface area contributed by atoms with Crippen molar-refractivity contribution >= 4 is 11.6 Å². The third kappa shape index (κ3) is 4.24. The van der Waals surface area contributed by atoms with Crippen LogP contribution in [0.5, 0.6) is 5.75 Å². The van der Waals surface area contributed by atoms with Crippen LogP contribution in [0.25, 0.3) is 0 Å². The molecule has 0 N–H and O–H groups in total. The molecule has 104 valence electrons. The molecule has 0 aliphatic heterocycles. The lowest BCUT2D eigenvalue weighted by Gasteiger charge is -2.08. The Bertz CT molecular complexity index is 723. The minimum absolute atomic E-state index is 0.201. The normalized spacial score (nSPS) is 9.38. The molecule has 0 unspecified atom stereocenters. The Morgan fingerprint density at radius 1 is 1.14 bits per heavy atom. The van der Waals surface area contributed by atoms with E-state index in [4.69, 9.17) is 21.6 Å². The van der Waals surface area contributed by atoms with Gasteiger partial charge in [-0.2, -0.15) is 5.26 Å². The van der Waals surface area contributed by atoms with Gasteiger partial charge in [-0.25, -0.2) is 4.39 Å². The number of halogens is 2. The molecule has 21 heavy (non-hydrogen) atoms. The molecule has 2 aromatic carbocycles. The first-order valence-electron chi connectivity index (χ1n) is 6.19. The van der Waals surface area contributed by atoms with Crippen molar-refractivity contribution in [2.45, 2.75) is 6.61 Å². The predicted molar refractivity (Wildman–Crippen MR) is 79.5 cm³/mol. The van der Waals surface area contributed by atoms with Crippen LogP contribution in [0.3, 0.4) is 0 Å². The molecule has 2 nitrogen and oxygen atoms in total. The van der Waals surface area contributed by atoms with Gasteiger partial charge in [0.05, 0.1) is 23.1 Å². The molecule has 0 heterocycles. The monoisotopic (exact) mass is 299 g/mol. The average molecular weight is 300 g/mol. The Morgan fingerprint density at radius 3 is 2.57 bits per heavy atom. The van der Waals surface area contributed by atoms with Crippen LogP contribution in [0.1, 0.15) is 16.7 Å². The van der Waals surface area contributed by atoms with Crippen LogP contribution in [0, 0.1) is 29.0 Å². The maximum atomic E-state index is 13.3. The molecule has 0 aliphatic carbocycles. The van der Waals surface area contributed by atoms with Gasteiger partial charge in [-0.05, 0) is 29.8 Å². The van der Waals surface area contributed by atoms with Gasteiger partial charge in [0.15, 0.2) is 0 Å². The maximum Gasteiger partial charge on any atom is 0.138 e. The molecule has 0 aromatic heterocycles. The van der Waals surface area contributed by atoms with Crippen LogP contribution in [0.2, 0.25) is 0 Å². The van der Waals surface area contributed by atoms with E-state index < -0.39 is 0 Å². The highest BCUT2D eigenvalue weighted by molar-refractivity contribution is 6.19. The van der Waals surface area contributed by atoms with Gasteiger partial charge in [0, 0.05) is 6.07 Å². The second kappa shape index (κ2) is 7.33. The highest BCUT2D eigenvalue weighted by Gasteiger charge is 2.04. The first kappa shape index (κ1) is 14.9. The van der Waals surface area contributed by atoms with Gasteiger partial charge >= 0.3 is 0 Å². The Kier molecular flexibility index (Phi) is 5.21. The van der Waals surface area contributed by atoms with E-state index in [0.717, 1.165) is 5.56 Å². The number of hydrogen-bond donors (Lipinski definition) is 0. The largest absolute Gasteiger partial charge is 0.487 e. The van der Waals surface area contributed by atoms with E-state index in [1.807, 2.05) is 6.07 Å². The zero-order valence-electron chi connectivity index (χ0n) is 11.1. The Morgan fingerprint density at radius 2 is 1.90 bits per heavy atom. The number of nitriles is 1. The molecule has 0 amide bonds. The van der Waals surface area contributed by atoms with E-state index in [2.05, 4.69) is 11.8 Å². The number of ether oxygens (including phenoxy) is 1. The summed E-state index contributed by atoms with van der Waals surface area (Å²) in [5.74, 6) is 5.73. The van der Waals surface area contributed by atoms with Crippen molar-refractivity contribution in [1.29, 1.82) is 5.26 Å². The van der Waals surface area contributed by atoms with Gasteiger partial charge in [0.25, 0.3) is 0 Å². The zero-order valence-corrected chi connectivity index (χ0v) is 11.8. The fraction of sp³-hybridized carbons (Fsp3) is 0.118. The predicted octanol–water partition coefficient (Wildman–Crippen LogP) is 3.87. The summed E-state index contributed by atoms with van der Waals surface area (Å²) < 4.78 is 18.9. The SMILES string of the molecule is N#Cc1ccc(COc2cc(F)ccc2C#CCCl)cc1. The number of hydrogen-bond acceptors (Lipinski definition) is 2. The smallest absolute Gasteiger partial charge is 0.138 e. The maximum absolute atomic E-state index is 13.3. The van der Waals surface area contributed by atoms with Gasteiger partial charge in [0.2, 0.25) is 0 Å². The average Bonchev–Trinajstić information content (AvgIpc) is 2.52. The highest BCUT2D eigenvalue weighted by atomic mass is 35.5. The van der Waals surface area contributed by atoms with Crippen LogP contribution in [0.15, 0.2) is 42.5 Å². The minimum Gasteiger partial charge on any atom is -0.487 e. The van der Waals surface area contributed by atoms with E-state index in [0.29, 0.717) is 16.9 Å². The lowest BCUT2D eigenvalue weighted by Crippen LogP contribution is -1.98. The molecule has 4 heteroatoms. The van der Waals surface area contributed by atoms with E-state index in [9.17, 15) is 4.39 Å². The summed E-state index contributed by atoms with van der Waals surface area (Å²) in [5, 5.41) is 8.74. The third-order valence-electron chi connectivity index (χ3n) is 2.71. The van der Waals surface area contributed by atoms with Crippen LogP contribution in [0.4, 0.5) is 4.39 Å². The van der Waals surface area contributed by atoms with Crippen LogP contribution in [-0.2, 0) is 6.61 Å². The second-order valence-corrected chi connectivity index (χ2v) is 4.44. The van der Waals surface area contributed by atoms with Crippen LogP contribution < -0.4 is 4.74 Å². The number of alkyl halides is 1. The van der Waals surface area contributed by atoms with Gasteiger partial charge < -0.3 is 4.74 Å². The van der Waals surface area contributed by atoms with Crippen molar-refractivity contribution < 1.29 is 9.13 Å². The molecule has 2 rings (SSSR count). The zero-order chi connectivity index (χ0) is 15.1. The topological polar surface area (TPSA) is 33.0 Å². The second-order valence-electron chi connectivity index (χ2n) is 4.17. The van der Waals surface area contributed by atoms with Gasteiger partial charge in [-0.15, -0.1) is 11.6 Å². The summed E-state index contributed by atoms with van der Waals surface area (Å²) >= 11 is 5.52. The fourth-order valence-electron chi connectivity index (χ4n) is 1.68. The molecule has 2 aromatic rings. The molecule has 0 aliphatic rings. The summed E-state index contributed by atoms with van der Waals surface area (Å²) in [7, 11) is 0. The summed E-state index contributed by atoms with van der Waals surface area (Å²) in [6.45, 7) is 0.269. The lowest BCUT2D eigenvalue weighted by molar-refractivity contribution is 0.304. The number of rotatable bonds is 3. The minimum atomic E-state index is -0.388. The van der Waals surface area contributed by atoms with E-state index in [1.165, 1.54) is 12.1 Å². The van der Waals surface area contributed by atoms with E-state index >= 15 is 0 Å². The molecule has 0 spiro atoms. The standard InChI is InChI=1S/C17H11ClFNO/c18-9-1-2-15-7-8-16(19)10-17(15)21-12-14-5-3-13(11-20)4-6-14/h3-8,10H,9,12H2. The first-order valence-corrected chi connectivity index (χ1v) is 6.72. The van der Waals surface area contributed by atoms with E-state index in [-0.39, 0.29) is 18.3 Å². The molecule has 0 radical (unpaired) electrons. The van der Waals surface area contributed by atoms with Crippen molar-refractivity contribution in [3.8, 4) is 23.7 Å². The lowest BCUT2D eigenvalue weighted by atomic mass is 10.1. The van der Waals surface area contributed by atoms with Crippen molar-refractivity contribution in [2.24, 2.45) is 0 Å². The number of nitrogens with zero attached hydrogens (tertiary/aromatic N) is 1. The number of benzene rings is 2. The molecule has 0 bridgehead atoms. The molecular weight excluding hydrogens is 289 g/mol. The first-order chi connectivity index (χ1) is 10.2. The Labute approximate surface area is 127 Å². The summed E-state index contributed by atoms with van der Waals surface area (Å²) in [4.78, 5) is 0. The van der Waals surface area contributed by atoms with Gasteiger partial charge in [0.1, 0.15) is 18.2 Å². The Hall–Kier alpha value is -2.49. The van der Waals surface area contributed by atoms with Crippen LogP contribution >= 0.6 is 11.6 Å². The summed E-state index contributed by atoms with van der Waals surface area (Å²) in [5.41, 5.74) is 2.05. The molecule has 0 saturated carbocycles. The van der Waals surface area contributed by atoms with Crippen molar-refractivity contribution in [1.82, 2.24) is 0 Å². The highest BCUT2D eigenvalue weighted by Crippen LogP contribution is 2.20. The summed E-state index contributed by atoms with van der Waals surface area (Å²) in [6.07, 6.45) is 0. The molecular formula is C17H11ClFNO. The van der Waals surface area contributed by atoms with E-state index in [1.54, 1.807) is 30.3 Å². The quantitative estimate of drug-likeness (QED) is 0.637. The van der Waals surface area contributed by atoms with Crippen molar-refractivity contribution in [3.05, 3.63) is 65.0 Å². The third-order valence-corrected chi connectivity index (χ3v) is 2.84. The van der Waals surface area contributed by atoms with Gasteiger partial charge in [-0.1, -0.05) is 24.0 Å². The van der Waals surface area contributed by atoms with Crippen molar-refractivity contribution in [3.63, 3.8) is 0 Å². The molecule has 0 atom stereocenters. The summed E-state index contributed by atoms with van der Waals surface area (Å²) in [6, 6.07) is 13.2. The molecule has 0 saturated heterocycles. The molecule has 0 fully saturated rings.